The van der Waals surface area contributed by atoms with Crippen molar-refractivity contribution >= 4 is 29.0 Å². The van der Waals surface area contributed by atoms with Crippen molar-refractivity contribution < 1.29 is 9.18 Å². The molecule has 0 saturated carbocycles. The molecular formula is C18H18ClFN4O. The number of fused-ring (bicyclic) bond motifs is 1. The Balaban J connectivity index is 1.82. The molecule has 2 aromatic rings. The Morgan fingerprint density at radius 3 is 2.76 bits per heavy atom. The van der Waals surface area contributed by atoms with Crippen molar-refractivity contribution in [3.05, 3.63) is 52.6 Å². The maximum absolute atomic E-state index is 14.5. The monoisotopic (exact) mass is 360 g/mol. The zero-order valence-corrected chi connectivity index (χ0v) is 14.8. The smallest absolute Gasteiger partial charge is 0.302 e. The van der Waals surface area contributed by atoms with Crippen LogP contribution in [0, 0.1) is 12.7 Å². The van der Waals surface area contributed by atoms with Crippen molar-refractivity contribution in [2.45, 2.75) is 19.5 Å². The Bertz CT molecular complexity index is 833. The van der Waals surface area contributed by atoms with E-state index in [4.69, 9.17) is 11.6 Å². The van der Waals surface area contributed by atoms with Gasteiger partial charge in [-0.1, -0.05) is 23.7 Å². The van der Waals surface area contributed by atoms with Crippen molar-refractivity contribution in [2.75, 3.05) is 29.9 Å². The molecule has 0 bridgehead atoms. The average molecular weight is 361 g/mol. The van der Waals surface area contributed by atoms with Gasteiger partial charge in [-0.05, 0) is 31.7 Å². The first-order valence-corrected chi connectivity index (χ1v) is 8.52. The molecule has 25 heavy (non-hydrogen) atoms. The summed E-state index contributed by atoms with van der Waals surface area (Å²) >= 11 is 6.05. The molecule has 0 unspecified atom stereocenters. The summed E-state index contributed by atoms with van der Waals surface area (Å²) in [4.78, 5) is 22.8. The molecule has 2 aliphatic rings. The number of para-hydroxylation sites is 1. The molecule has 130 valence electrons. The highest BCUT2D eigenvalue weighted by Gasteiger charge is 2.41. The quantitative estimate of drug-likeness (QED) is 0.770. The number of rotatable bonds is 2. The Kier molecular flexibility index (Phi) is 3.89. The molecule has 1 fully saturated rings. The predicted molar refractivity (Wildman–Crippen MR) is 95.7 cm³/mol. The molecule has 0 radical (unpaired) electrons. The number of halogens is 2. The highest BCUT2D eigenvalue weighted by molar-refractivity contribution is 6.29. The molecule has 1 aromatic heterocycles. The van der Waals surface area contributed by atoms with Crippen LogP contribution in [0.2, 0.25) is 5.15 Å². The third kappa shape index (κ3) is 2.65. The normalized spacial score (nSPS) is 18.3. The number of benzene rings is 1. The number of likely N-dealkylation sites (tertiary alicyclic amines) is 1. The number of pyridine rings is 1. The van der Waals surface area contributed by atoms with E-state index in [9.17, 15) is 9.18 Å². The Labute approximate surface area is 150 Å². The predicted octanol–water partition coefficient (Wildman–Crippen LogP) is 3.44. The molecule has 5 nitrogen and oxygen atoms in total. The topological polar surface area (TPSA) is 39.7 Å². The van der Waals surface area contributed by atoms with Crippen LogP contribution < -0.4 is 9.80 Å². The number of aryl methyl sites for hydroxylation is 1. The fourth-order valence-electron chi connectivity index (χ4n) is 3.59. The molecule has 2 aliphatic heterocycles. The molecule has 0 spiro atoms. The summed E-state index contributed by atoms with van der Waals surface area (Å²) in [5, 5.41) is 0.347. The van der Waals surface area contributed by atoms with Gasteiger partial charge in [-0.15, -0.1) is 0 Å². The summed E-state index contributed by atoms with van der Waals surface area (Å²) in [6.07, 6.45) is 1.67. The molecular weight excluding hydrogens is 343 g/mol. The summed E-state index contributed by atoms with van der Waals surface area (Å²) in [6.45, 7) is 3.63. The van der Waals surface area contributed by atoms with Gasteiger partial charge in [0.15, 0.2) is 0 Å². The highest BCUT2D eigenvalue weighted by Crippen LogP contribution is 2.37. The van der Waals surface area contributed by atoms with Crippen LogP contribution in [0.25, 0.3) is 0 Å². The SMILES string of the molecule is Cc1cccc(F)c1N1Cc2cnc(Cl)cc2N(C2CN(C)C2)C1=O. The van der Waals surface area contributed by atoms with Gasteiger partial charge in [0.05, 0.1) is 24.0 Å². The third-order valence-electron chi connectivity index (χ3n) is 4.82. The second-order valence-corrected chi connectivity index (χ2v) is 7.04. The van der Waals surface area contributed by atoms with Crippen molar-refractivity contribution in [3.8, 4) is 0 Å². The van der Waals surface area contributed by atoms with Crippen LogP contribution in [0.1, 0.15) is 11.1 Å². The second-order valence-electron chi connectivity index (χ2n) is 6.65. The van der Waals surface area contributed by atoms with Crippen molar-refractivity contribution in [1.29, 1.82) is 0 Å². The summed E-state index contributed by atoms with van der Waals surface area (Å²) < 4.78 is 14.5. The number of hydrogen-bond acceptors (Lipinski definition) is 3. The standard InChI is InChI=1S/C18H18ClFN4O/c1-11-4-3-5-14(20)17(11)23-8-12-7-21-16(19)6-15(12)24(18(23)25)13-9-22(2)10-13/h3-7,13H,8-10H2,1-2H3. The lowest BCUT2D eigenvalue weighted by molar-refractivity contribution is 0.180. The van der Waals surface area contributed by atoms with Crippen LogP contribution in [-0.4, -0.2) is 42.1 Å². The molecule has 4 rings (SSSR count). The lowest BCUT2D eigenvalue weighted by Crippen LogP contribution is -2.63. The Morgan fingerprint density at radius 2 is 2.08 bits per heavy atom. The summed E-state index contributed by atoms with van der Waals surface area (Å²) in [6, 6.07) is 6.38. The first-order chi connectivity index (χ1) is 12.0. The van der Waals surface area contributed by atoms with Gasteiger partial charge in [0.25, 0.3) is 0 Å². The number of carbonyl (C=O) groups is 1. The number of urea groups is 1. The van der Waals surface area contributed by atoms with Crippen LogP contribution in [0.15, 0.2) is 30.5 Å². The van der Waals surface area contributed by atoms with E-state index in [1.54, 1.807) is 23.2 Å². The van der Waals surface area contributed by atoms with E-state index in [0.29, 0.717) is 10.8 Å². The van der Waals surface area contributed by atoms with E-state index in [1.807, 2.05) is 20.0 Å². The second kappa shape index (κ2) is 5.97. The van der Waals surface area contributed by atoms with Gasteiger partial charge in [-0.3, -0.25) is 9.80 Å². The van der Waals surface area contributed by atoms with E-state index < -0.39 is 5.82 Å². The van der Waals surface area contributed by atoms with Gasteiger partial charge in [0.2, 0.25) is 0 Å². The van der Waals surface area contributed by atoms with Crippen LogP contribution in [-0.2, 0) is 6.54 Å². The van der Waals surface area contributed by atoms with E-state index >= 15 is 0 Å². The minimum Gasteiger partial charge on any atom is -0.302 e. The van der Waals surface area contributed by atoms with Gasteiger partial charge in [0, 0.05) is 24.8 Å². The Hall–Kier alpha value is -2.18. The summed E-state index contributed by atoms with van der Waals surface area (Å²) in [7, 11) is 2.00. The molecule has 1 saturated heterocycles. The molecule has 0 aliphatic carbocycles. The molecule has 2 amide bonds. The summed E-state index contributed by atoms with van der Waals surface area (Å²) in [5.74, 6) is -0.399. The van der Waals surface area contributed by atoms with Gasteiger partial charge < -0.3 is 4.90 Å². The minimum absolute atomic E-state index is 0.0459. The number of aromatic nitrogens is 1. The highest BCUT2D eigenvalue weighted by atomic mass is 35.5. The van der Waals surface area contributed by atoms with Crippen LogP contribution in [0.3, 0.4) is 0 Å². The van der Waals surface area contributed by atoms with E-state index in [2.05, 4.69) is 9.88 Å². The number of likely N-dealkylation sites (N-methyl/N-ethyl adjacent to an activating group) is 1. The fourth-order valence-corrected chi connectivity index (χ4v) is 3.74. The number of carbonyl (C=O) groups excluding carboxylic acids is 1. The lowest BCUT2D eigenvalue weighted by Gasteiger charge is -2.47. The number of anilines is 2. The maximum Gasteiger partial charge on any atom is 0.329 e. The van der Waals surface area contributed by atoms with E-state index in [-0.39, 0.29) is 18.6 Å². The first-order valence-electron chi connectivity index (χ1n) is 8.14. The van der Waals surface area contributed by atoms with Gasteiger partial charge in [0.1, 0.15) is 11.0 Å². The number of nitrogens with zero attached hydrogens (tertiary/aromatic N) is 4. The molecule has 3 heterocycles. The van der Waals surface area contributed by atoms with E-state index in [1.165, 1.54) is 11.0 Å². The fraction of sp³-hybridized carbons (Fsp3) is 0.333. The van der Waals surface area contributed by atoms with Crippen molar-refractivity contribution in [3.63, 3.8) is 0 Å². The van der Waals surface area contributed by atoms with Crippen molar-refractivity contribution in [2.24, 2.45) is 0 Å². The molecule has 7 heteroatoms. The zero-order valence-electron chi connectivity index (χ0n) is 14.0. The average Bonchev–Trinajstić information content (AvgIpc) is 2.53. The maximum atomic E-state index is 14.5. The Morgan fingerprint density at radius 1 is 1.32 bits per heavy atom. The van der Waals surface area contributed by atoms with Crippen LogP contribution in [0.4, 0.5) is 20.6 Å². The van der Waals surface area contributed by atoms with Gasteiger partial charge in [-0.2, -0.15) is 0 Å². The molecule has 1 aromatic carbocycles. The molecule has 0 atom stereocenters. The zero-order chi connectivity index (χ0) is 17.7. The van der Waals surface area contributed by atoms with Crippen LogP contribution in [0.5, 0.6) is 0 Å². The number of hydrogen-bond donors (Lipinski definition) is 0. The van der Waals surface area contributed by atoms with Crippen molar-refractivity contribution in [1.82, 2.24) is 9.88 Å². The molecule has 0 N–H and O–H groups in total. The van der Waals surface area contributed by atoms with Crippen LogP contribution >= 0.6 is 11.6 Å². The van der Waals surface area contributed by atoms with Gasteiger partial charge in [-0.25, -0.2) is 14.2 Å². The third-order valence-corrected chi connectivity index (χ3v) is 5.03. The van der Waals surface area contributed by atoms with E-state index in [0.717, 1.165) is 29.9 Å². The number of amides is 2. The minimum atomic E-state index is -0.399. The first kappa shape index (κ1) is 16.3. The summed E-state index contributed by atoms with van der Waals surface area (Å²) in [5.41, 5.74) is 2.68. The largest absolute Gasteiger partial charge is 0.329 e. The lowest BCUT2D eigenvalue weighted by atomic mass is 10.0. The van der Waals surface area contributed by atoms with Gasteiger partial charge >= 0.3 is 6.03 Å².